The van der Waals surface area contributed by atoms with Crippen LogP contribution in [-0.4, -0.2) is 28.7 Å². The minimum Gasteiger partial charge on any atom is -0.328 e. The number of nitrogens with two attached hydrogens (primary N) is 1. The van der Waals surface area contributed by atoms with Crippen molar-refractivity contribution in [2.45, 2.75) is 45.2 Å². The molecule has 1 heterocycles. The maximum atomic E-state index is 11.7. The molecule has 3 N–H and O–H groups in total. The highest BCUT2D eigenvalue weighted by molar-refractivity contribution is 6.01. The highest BCUT2D eigenvalue weighted by Gasteiger charge is 2.28. The lowest BCUT2D eigenvalue weighted by molar-refractivity contribution is -0.139. The number of carbonyl (C=O) groups is 3. The quantitative estimate of drug-likeness (QED) is 0.773. The monoisotopic (exact) mass is 339 g/mol. The Balaban J connectivity index is 0.00000264. The Bertz CT molecular complexity index is 556. The summed E-state index contributed by atoms with van der Waals surface area (Å²) in [5.74, 6) is -0.327. The Hall–Kier alpha value is -1.92. The smallest absolute Gasteiger partial charge is 0.229 e. The van der Waals surface area contributed by atoms with Crippen molar-refractivity contribution in [3.05, 3.63) is 29.8 Å². The molecule has 1 aliphatic rings. The van der Waals surface area contributed by atoms with Gasteiger partial charge in [0.1, 0.15) is 0 Å². The number of amides is 3. The molecule has 1 unspecified atom stereocenters. The number of nitrogens with one attached hydrogen (secondary N) is 1. The first-order valence-corrected chi connectivity index (χ1v) is 7.43. The average molecular weight is 340 g/mol. The molecule has 1 aliphatic heterocycles. The van der Waals surface area contributed by atoms with E-state index in [0.29, 0.717) is 31.4 Å². The zero-order valence-corrected chi connectivity index (χ0v) is 13.9. The topological polar surface area (TPSA) is 92.5 Å². The third-order valence-electron chi connectivity index (χ3n) is 3.56. The highest BCUT2D eigenvalue weighted by Crippen LogP contribution is 2.17. The van der Waals surface area contributed by atoms with Crippen molar-refractivity contribution in [2.75, 3.05) is 5.32 Å². The van der Waals surface area contributed by atoms with E-state index >= 15 is 0 Å². The maximum Gasteiger partial charge on any atom is 0.229 e. The number of likely N-dealkylation sites (tertiary alicyclic amines) is 1. The van der Waals surface area contributed by atoms with Gasteiger partial charge in [0.05, 0.1) is 6.54 Å². The van der Waals surface area contributed by atoms with Crippen LogP contribution in [0, 0.1) is 0 Å². The molecule has 6 nitrogen and oxygen atoms in total. The van der Waals surface area contributed by atoms with Gasteiger partial charge in [-0.25, -0.2) is 0 Å². The van der Waals surface area contributed by atoms with Gasteiger partial charge in [0, 0.05) is 31.0 Å². The molecule has 23 heavy (non-hydrogen) atoms. The van der Waals surface area contributed by atoms with E-state index in [2.05, 4.69) is 5.32 Å². The molecule has 3 amide bonds. The van der Waals surface area contributed by atoms with Gasteiger partial charge in [-0.05, 0) is 31.0 Å². The normalized spacial score (nSPS) is 15.3. The summed E-state index contributed by atoms with van der Waals surface area (Å²) in [5, 5.41) is 2.79. The molecular formula is C16H22ClN3O3. The number of hydrogen-bond acceptors (Lipinski definition) is 4. The number of halogens is 1. The molecule has 0 spiro atoms. The summed E-state index contributed by atoms with van der Waals surface area (Å²) in [6.07, 6.45) is 1.62. The predicted octanol–water partition coefficient (Wildman–Crippen LogP) is 1.82. The maximum absolute atomic E-state index is 11.7. The van der Waals surface area contributed by atoms with Crippen LogP contribution in [0.5, 0.6) is 0 Å². The number of benzene rings is 1. The van der Waals surface area contributed by atoms with Gasteiger partial charge in [-0.15, -0.1) is 12.4 Å². The Morgan fingerprint density at radius 1 is 1.22 bits per heavy atom. The van der Waals surface area contributed by atoms with Gasteiger partial charge in [0.15, 0.2) is 0 Å². The van der Waals surface area contributed by atoms with Crippen LogP contribution in [-0.2, 0) is 20.9 Å². The molecule has 0 bridgehead atoms. The Kier molecular flexibility index (Phi) is 7.19. The molecular weight excluding hydrogens is 318 g/mol. The van der Waals surface area contributed by atoms with Gasteiger partial charge in [-0.2, -0.15) is 0 Å². The van der Waals surface area contributed by atoms with Crippen molar-refractivity contribution >= 4 is 35.8 Å². The number of hydrogen-bond donors (Lipinski definition) is 2. The van der Waals surface area contributed by atoms with Crippen LogP contribution in [0.15, 0.2) is 24.3 Å². The molecule has 0 radical (unpaired) electrons. The van der Waals surface area contributed by atoms with Gasteiger partial charge in [0.25, 0.3) is 0 Å². The summed E-state index contributed by atoms with van der Waals surface area (Å²) < 4.78 is 0. The lowest BCUT2D eigenvalue weighted by atomic mass is 10.1. The van der Waals surface area contributed by atoms with Crippen molar-refractivity contribution < 1.29 is 14.4 Å². The van der Waals surface area contributed by atoms with Gasteiger partial charge in [0.2, 0.25) is 17.7 Å². The Labute approximate surface area is 141 Å². The second-order valence-electron chi connectivity index (χ2n) is 5.63. The van der Waals surface area contributed by atoms with E-state index in [1.807, 2.05) is 6.92 Å². The van der Waals surface area contributed by atoms with Crippen LogP contribution in [0.1, 0.15) is 38.2 Å². The fourth-order valence-electron chi connectivity index (χ4n) is 2.26. The second-order valence-corrected chi connectivity index (χ2v) is 5.63. The molecule has 2 rings (SSSR count). The fraction of sp³-hybridized carbons (Fsp3) is 0.438. The number of nitrogens with zero attached hydrogens (tertiary/aromatic N) is 1. The summed E-state index contributed by atoms with van der Waals surface area (Å²) >= 11 is 0. The summed E-state index contributed by atoms with van der Waals surface area (Å²) in [4.78, 5) is 36.1. The van der Waals surface area contributed by atoms with E-state index in [1.165, 1.54) is 4.90 Å². The second kappa shape index (κ2) is 8.64. The molecule has 1 aromatic rings. The minimum atomic E-state index is -0.127. The zero-order chi connectivity index (χ0) is 16.1. The molecule has 0 aromatic heterocycles. The number of imide groups is 1. The van der Waals surface area contributed by atoms with E-state index in [-0.39, 0.29) is 42.7 Å². The van der Waals surface area contributed by atoms with Crippen molar-refractivity contribution in [2.24, 2.45) is 5.73 Å². The molecule has 7 heteroatoms. The number of rotatable bonds is 6. The SMILES string of the molecule is CC(N)CCC(=O)Nc1ccc(CN2C(=O)CCC2=O)cc1.Cl. The number of carbonyl (C=O) groups excluding carboxylic acids is 3. The van der Waals surface area contributed by atoms with Gasteiger partial charge in [-0.1, -0.05) is 12.1 Å². The lowest BCUT2D eigenvalue weighted by Gasteiger charge is -2.14. The van der Waals surface area contributed by atoms with E-state index in [0.717, 1.165) is 5.56 Å². The first-order valence-electron chi connectivity index (χ1n) is 7.43. The molecule has 1 atom stereocenters. The van der Waals surface area contributed by atoms with Crippen molar-refractivity contribution in [1.29, 1.82) is 0 Å². The summed E-state index contributed by atoms with van der Waals surface area (Å²) in [6.45, 7) is 2.15. The summed E-state index contributed by atoms with van der Waals surface area (Å²) in [6, 6.07) is 7.15. The average Bonchev–Trinajstić information content (AvgIpc) is 2.79. The van der Waals surface area contributed by atoms with Crippen LogP contribution in [0.25, 0.3) is 0 Å². The van der Waals surface area contributed by atoms with E-state index in [1.54, 1.807) is 24.3 Å². The highest BCUT2D eigenvalue weighted by atomic mass is 35.5. The first-order chi connectivity index (χ1) is 10.5. The van der Waals surface area contributed by atoms with Gasteiger partial charge < -0.3 is 11.1 Å². The summed E-state index contributed by atoms with van der Waals surface area (Å²) in [7, 11) is 0. The van der Waals surface area contributed by atoms with Gasteiger partial charge >= 0.3 is 0 Å². The largest absolute Gasteiger partial charge is 0.328 e. The van der Waals surface area contributed by atoms with Crippen LogP contribution in [0.3, 0.4) is 0 Å². The van der Waals surface area contributed by atoms with E-state index in [9.17, 15) is 14.4 Å². The standard InChI is InChI=1S/C16H21N3O3.ClH/c1-11(17)2-7-14(20)18-13-5-3-12(4-6-13)10-19-15(21)8-9-16(19)22;/h3-6,11H,2,7-10,17H2,1H3,(H,18,20);1H. The van der Waals surface area contributed by atoms with Crippen LogP contribution >= 0.6 is 12.4 Å². The first kappa shape index (κ1) is 19.1. The minimum absolute atomic E-state index is 0. The van der Waals surface area contributed by atoms with Crippen molar-refractivity contribution in [3.8, 4) is 0 Å². The third-order valence-corrected chi connectivity index (χ3v) is 3.56. The van der Waals surface area contributed by atoms with Crippen LogP contribution in [0.2, 0.25) is 0 Å². The molecule has 1 saturated heterocycles. The molecule has 0 saturated carbocycles. The van der Waals surface area contributed by atoms with Crippen molar-refractivity contribution in [3.63, 3.8) is 0 Å². The van der Waals surface area contributed by atoms with E-state index in [4.69, 9.17) is 5.73 Å². The Morgan fingerprint density at radius 3 is 2.30 bits per heavy atom. The zero-order valence-electron chi connectivity index (χ0n) is 13.1. The molecule has 0 aliphatic carbocycles. The molecule has 126 valence electrons. The number of anilines is 1. The molecule has 1 aromatic carbocycles. The van der Waals surface area contributed by atoms with Crippen molar-refractivity contribution in [1.82, 2.24) is 4.90 Å². The Morgan fingerprint density at radius 2 is 1.78 bits per heavy atom. The summed E-state index contributed by atoms with van der Waals surface area (Å²) in [5.41, 5.74) is 7.17. The van der Waals surface area contributed by atoms with Crippen LogP contribution < -0.4 is 11.1 Å². The fourth-order valence-corrected chi connectivity index (χ4v) is 2.26. The van der Waals surface area contributed by atoms with Gasteiger partial charge in [-0.3, -0.25) is 19.3 Å². The lowest BCUT2D eigenvalue weighted by Crippen LogP contribution is -2.28. The van der Waals surface area contributed by atoms with Crippen LogP contribution in [0.4, 0.5) is 5.69 Å². The van der Waals surface area contributed by atoms with E-state index < -0.39 is 0 Å². The predicted molar refractivity (Wildman–Crippen MR) is 90.0 cm³/mol. The molecule has 1 fully saturated rings. The third kappa shape index (κ3) is 5.65.